The van der Waals surface area contributed by atoms with Crippen LogP contribution in [0, 0.1) is 0 Å². The normalized spacial score (nSPS) is 26.9. The lowest BCUT2D eigenvalue weighted by atomic mass is 10.0. The average Bonchev–Trinajstić information content (AvgIpc) is 2.54. The molecule has 4 atom stereocenters. The first-order chi connectivity index (χ1) is 10.2. The fourth-order valence-electron chi connectivity index (χ4n) is 2.55. The highest BCUT2D eigenvalue weighted by Crippen LogP contribution is 2.23. The minimum atomic E-state index is -0.450. The van der Waals surface area contributed by atoms with Crippen LogP contribution in [-0.4, -0.2) is 32.1 Å². The highest BCUT2D eigenvalue weighted by Gasteiger charge is 2.30. The molecule has 6 nitrogen and oxygen atoms in total. The van der Waals surface area contributed by atoms with Gasteiger partial charge in [0.1, 0.15) is 0 Å². The van der Waals surface area contributed by atoms with E-state index in [1.54, 1.807) is 7.11 Å². The Hall–Kier alpha value is -1.59. The Labute approximate surface area is 125 Å². The van der Waals surface area contributed by atoms with E-state index in [9.17, 15) is 0 Å². The molecule has 0 radical (unpaired) electrons. The largest absolute Gasteiger partial charge is 0.355 e. The van der Waals surface area contributed by atoms with Gasteiger partial charge in [0.05, 0.1) is 12.1 Å². The molecule has 114 valence electrons. The molecule has 1 N–H and O–H groups in total. The first-order valence-electron chi connectivity index (χ1n) is 7.25. The Balaban J connectivity index is 1.83. The summed E-state index contributed by atoms with van der Waals surface area (Å²) in [7, 11) is 1.58. The van der Waals surface area contributed by atoms with Gasteiger partial charge in [-0.25, -0.2) is 0 Å². The maximum atomic E-state index is 8.53. The lowest BCUT2D eigenvalue weighted by Crippen LogP contribution is -2.43. The third-order valence-corrected chi connectivity index (χ3v) is 3.81. The van der Waals surface area contributed by atoms with Crippen LogP contribution in [0.1, 0.15) is 31.4 Å². The van der Waals surface area contributed by atoms with Gasteiger partial charge in [0, 0.05) is 24.6 Å². The smallest absolute Gasteiger partial charge is 0.166 e. The van der Waals surface area contributed by atoms with Gasteiger partial charge in [0.25, 0.3) is 0 Å². The molecule has 21 heavy (non-hydrogen) atoms. The number of benzene rings is 1. The second kappa shape index (κ2) is 8.00. The maximum absolute atomic E-state index is 8.53. The molecule has 1 saturated heterocycles. The minimum absolute atomic E-state index is 0.0752. The van der Waals surface area contributed by atoms with Crippen molar-refractivity contribution in [3.8, 4) is 0 Å². The van der Waals surface area contributed by atoms with Crippen LogP contribution in [0.2, 0.25) is 0 Å². The molecular weight excluding hydrogens is 268 g/mol. The molecular formula is C15H22N4O2. The quantitative estimate of drug-likeness (QED) is 0.496. The number of methoxy groups -OCH3 is 1. The molecule has 1 heterocycles. The van der Waals surface area contributed by atoms with Crippen molar-refractivity contribution in [3.63, 3.8) is 0 Å². The van der Waals surface area contributed by atoms with E-state index in [-0.39, 0.29) is 18.2 Å². The number of hydrogen-bond donors (Lipinski definition) is 1. The van der Waals surface area contributed by atoms with Crippen LogP contribution in [0.5, 0.6) is 0 Å². The first-order valence-corrected chi connectivity index (χ1v) is 7.25. The van der Waals surface area contributed by atoms with Crippen molar-refractivity contribution < 1.29 is 9.47 Å². The van der Waals surface area contributed by atoms with E-state index >= 15 is 0 Å². The summed E-state index contributed by atoms with van der Waals surface area (Å²) in [5.74, 6) is 0. The lowest BCUT2D eigenvalue weighted by molar-refractivity contribution is -0.187. The third kappa shape index (κ3) is 4.44. The van der Waals surface area contributed by atoms with E-state index in [2.05, 4.69) is 34.4 Å². The van der Waals surface area contributed by atoms with E-state index in [4.69, 9.17) is 15.0 Å². The molecule has 0 unspecified atom stereocenters. The third-order valence-electron chi connectivity index (χ3n) is 3.81. The second-order valence-electron chi connectivity index (χ2n) is 5.25. The van der Waals surface area contributed by atoms with E-state index in [0.717, 1.165) is 19.4 Å². The molecule has 1 fully saturated rings. The molecule has 1 aliphatic heterocycles. The van der Waals surface area contributed by atoms with E-state index in [1.807, 2.05) is 18.2 Å². The first kappa shape index (κ1) is 15.8. The van der Waals surface area contributed by atoms with Gasteiger partial charge in [-0.05, 0) is 30.9 Å². The number of azide groups is 1. The summed E-state index contributed by atoms with van der Waals surface area (Å²) in [6.07, 6.45) is 1.27. The van der Waals surface area contributed by atoms with E-state index < -0.39 is 6.29 Å². The van der Waals surface area contributed by atoms with Crippen molar-refractivity contribution >= 4 is 0 Å². The van der Waals surface area contributed by atoms with Crippen molar-refractivity contribution in [2.75, 3.05) is 13.7 Å². The summed E-state index contributed by atoms with van der Waals surface area (Å²) >= 11 is 0. The summed E-state index contributed by atoms with van der Waals surface area (Å²) in [5.41, 5.74) is 9.79. The predicted molar refractivity (Wildman–Crippen MR) is 80.7 cm³/mol. The SMILES string of the molecule is CO[C@H]1O[C@H](CN[C@H](C)c2ccccc2)CC[C@H]1N=[N+]=[N-]. The van der Waals surface area contributed by atoms with Crippen LogP contribution in [0.15, 0.2) is 35.4 Å². The van der Waals surface area contributed by atoms with Crippen molar-refractivity contribution in [2.45, 2.75) is 44.2 Å². The summed E-state index contributed by atoms with van der Waals surface area (Å²) < 4.78 is 11.1. The van der Waals surface area contributed by atoms with Crippen LogP contribution in [0.25, 0.3) is 10.4 Å². The summed E-state index contributed by atoms with van der Waals surface area (Å²) in [4.78, 5) is 2.85. The van der Waals surface area contributed by atoms with Gasteiger partial charge in [-0.2, -0.15) is 0 Å². The van der Waals surface area contributed by atoms with Gasteiger partial charge in [-0.15, -0.1) is 0 Å². The molecule has 2 rings (SSSR count). The van der Waals surface area contributed by atoms with Crippen LogP contribution in [0.4, 0.5) is 0 Å². The summed E-state index contributed by atoms with van der Waals surface area (Å²) in [5, 5.41) is 7.20. The van der Waals surface area contributed by atoms with Crippen molar-refractivity contribution in [2.24, 2.45) is 5.11 Å². The average molecular weight is 290 g/mol. The van der Waals surface area contributed by atoms with E-state index in [1.165, 1.54) is 5.56 Å². The molecule has 0 aromatic heterocycles. The van der Waals surface area contributed by atoms with Crippen LogP contribution in [0.3, 0.4) is 0 Å². The fourth-order valence-corrected chi connectivity index (χ4v) is 2.55. The number of hydrogen-bond acceptors (Lipinski definition) is 4. The zero-order chi connectivity index (χ0) is 15.1. The highest BCUT2D eigenvalue weighted by molar-refractivity contribution is 5.18. The minimum Gasteiger partial charge on any atom is -0.355 e. The number of nitrogens with zero attached hydrogens (tertiary/aromatic N) is 3. The summed E-state index contributed by atoms with van der Waals surface area (Å²) in [6.45, 7) is 2.88. The Morgan fingerprint density at radius 1 is 1.43 bits per heavy atom. The van der Waals surface area contributed by atoms with Crippen LogP contribution < -0.4 is 5.32 Å². The van der Waals surface area contributed by atoms with E-state index in [0.29, 0.717) is 0 Å². The Morgan fingerprint density at radius 2 is 2.19 bits per heavy atom. The predicted octanol–water partition coefficient (Wildman–Crippen LogP) is 3.17. The Morgan fingerprint density at radius 3 is 2.86 bits per heavy atom. The molecule has 0 bridgehead atoms. The molecule has 1 aromatic rings. The van der Waals surface area contributed by atoms with Gasteiger partial charge >= 0.3 is 0 Å². The van der Waals surface area contributed by atoms with Crippen molar-refractivity contribution in [1.29, 1.82) is 0 Å². The number of nitrogens with one attached hydrogen (secondary N) is 1. The molecule has 0 spiro atoms. The van der Waals surface area contributed by atoms with Crippen LogP contribution >= 0.6 is 0 Å². The van der Waals surface area contributed by atoms with Gasteiger partial charge in [0.15, 0.2) is 6.29 Å². The molecule has 1 aromatic carbocycles. The van der Waals surface area contributed by atoms with Gasteiger partial charge in [0.2, 0.25) is 0 Å². The number of rotatable bonds is 6. The van der Waals surface area contributed by atoms with Gasteiger partial charge < -0.3 is 14.8 Å². The molecule has 1 aliphatic rings. The molecule has 0 amide bonds. The van der Waals surface area contributed by atoms with Crippen LogP contribution in [-0.2, 0) is 9.47 Å². The summed E-state index contributed by atoms with van der Waals surface area (Å²) in [6, 6.07) is 10.3. The lowest BCUT2D eigenvalue weighted by Gasteiger charge is -2.34. The van der Waals surface area contributed by atoms with Gasteiger partial charge in [-0.3, -0.25) is 0 Å². The Bertz CT molecular complexity index is 476. The van der Waals surface area contributed by atoms with Gasteiger partial charge in [-0.1, -0.05) is 35.4 Å². The van der Waals surface area contributed by atoms with Crippen molar-refractivity contribution in [3.05, 3.63) is 46.3 Å². The molecule has 0 aliphatic carbocycles. The molecule has 0 saturated carbocycles. The highest BCUT2D eigenvalue weighted by atomic mass is 16.7. The maximum Gasteiger partial charge on any atom is 0.166 e. The second-order valence-corrected chi connectivity index (χ2v) is 5.25. The monoisotopic (exact) mass is 290 g/mol. The zero-order valence-electron chi connectivity index (χ0n) is 12.5. The number of ether oxygens (including phenoxy) is 2. The molecule has 6 heteroatoms. The standard InChI is InChI=1S/C15H22N4O2/c1-11(12-6-4-3-5-7-12)17-10-13-8-9-14(18-19-16)15(20-2)21-13/h3-7,11,13-15,17H,8-10H2,1-2H3/t11-,13+,14-,15+/m1/s1. The topological polar surface area (TPSA) is 79.2 Å². The zero-order valence-corrected chi connectivity index (χ0v) is 12.5. The Kier molecular flexibility index (Phi) is 6.02. The fraction of sp³-hybridized carbons (Fsp3) is 0.600. The van der Waals surface area contributed by atoms with Crippen molar-refractivity contribution in [1.82, 2.24) is 5.32 Å².